The number of piperidine rings is 1. The van der Waals surface area contributed by atoms with Crippen molar-refractivity contribution in [1.82, 2.24) is 9.80 Å². The van der Waals surface area contributed by atoms with Crippen LogP contribution in [0.25, 0.3) is 0 Å². The molecule has 2 saturated heterocycles. The number of amides is 3. The Hall–Kier alpha value is -2.17. The maximum Gasteiger partial charge on any atom is 0.229 e. The van der Waals surface area contributed by atoms with E-state index in [4.69, 9.17) is 0 Å². The number of nitrogens with zero attached hydrogens (tertiary/aromatic N) is 2. The van der Waals surface area contributed by atoms with Crippen molar-refractivity contribution in [3.05, 3.63) is 35.9 Å². The lowest BCUT2D eigenvalue weighted by Gasteiger charge is -2.36. The molecule has 0 N–H and O–H groups in total. The second-order valence-corrected chi connectivity index (χ2v) is 6.62. The van der Waals surface area contributed by atoms with Gasteiger partial charge in [0.2, 0.25) is 17.7 Å². The zero-order valence-corrected chi connectivity index (χ0v) is 13.9. The molecule has 3 rings (SSSR count). The van der Waals surface area contributed by atoms with E-state index in [1.807, 2.05) is 23.1 Å². The highest BCUT2D eigenvalue weighted by Gasteiger charge is 2.31. The summed E-state index contributed by atoms with van der Waals surface area (Å²) in [4.78, 5) is 39.2. The lowest BCUT2D eigenvalue weighted by atomic mass is 9.95. The minimum Gasteiger partial charge on any atom is -0.339 e. The van der Waals surface area contributed by atoms with Gasteiger partial charge < -0.3 is 4.90 Å². The SMILES string of the molecule is O=C1CCC(=O)N1CCC(=O)N1CCCC[C@@H]1Cc1ccccc1. The van der Waals surface area contributed by atoms with E-state index in [-0.39, 0.29) is 49.6 Å². The summed E-state index contributed by atoms with van der Waals surface area (Å²) in [7, 11) is 0. The van der Waals surface area contributed by atoms with E-state index < -0.39 is 0 Å². The topological polar surface area (TPSA) is 57.7 Å². The molecular formula is C19H24N2O3. The predicted octanol–water partition coefficient (Wildman–Crippen LogP) is 2.15. The molecule has 0 aliphatic carbocycles. The van der Waals surface area contributed by atoms with Gasteiger partial charge in [-0.25, -0.2) is 0 Å². The first kappa shape index (κ1) is 16.7. The van der Waals surface area contributed by atoms with Crippen LogP contribution in [-0.2, 0) is 20.8 Å². The van der Waals surface area contributed by atoms with Crippen LogP contribution < -0.4 is 0 Å². The Labute approximate surface area is 142 Å². The minimum atomic E-state index is -0.146. The Morgan fingerprint density at radius 2 is 1.75 bits per heavy atom. The molecule has 2 aliphatic heterocycles. The fraction of sp³-hybridized carbons (Fsp3) is 0.526. The third-order valence-electron chi connectivity index (χ3n) is 4.97. The van der Waals surface area contributed by atoms with Gasteiger partial charge in [0.1, 0.15) is 0 Å². The Bertz CT molecular complexity index is 598. The minimum absolute atomic E-state index is 0.0585. The van der Waals surface area contributed by atoms with E-state index in [0.717, 1.165) is 32.2 Å². The van der Waals surface area contributed by atoms with Gasteiger partial charge in [-0.2, -0.15) is 0 Å². The van der Waals surface area contributed by atoms with Gasteiger partial charge in [-0.1, -0.05) is 30.3 Å². The number of hydrogen-bond acceptors (Lipinski definition) is 3. The van der Waals surface area contributed by atoms with Crippen molar-refractivity contribution in [2.45, 2.75) is 51.0 Å². The van der Waals surface area contributed by atoms with Gasteiger partial charge in [-0.05, 0) is 31.2 Å². The number of rotatable bonds is 5. The van der Waals surface area contributed by atoms with E-state index in [2.05, 4.69) is 12.1 Å². The first-order valence-corrected chi connectivity index (χ1v) is 8.82. The molecule has 5 heteroatoms. The molecule has 128 valence electrons. The monoisotopic (exact) mass is 328 g/mol. The van der Waals surface area contributed by atoms with E-state index >= 15 is 0 Å². The van der Waals surface area contributed by atoms with Gasteiger partial charge in [0, 0.05) is 38.4 Å². The van der Waals surface area contributed by atoms with Crippen LogP contribution in [0.5, 0.6) is 0 Å². The van der Waals surface area contributed by atoms with Crippen LogP contribution in [0, 0.1) is 0 Å². The second-order valence-electron chi connectivity index (χ2n) is 6.62. The van der Waals surface area contributed by atoms with Gasteiger partial charge in [0.05, 0.1) is 0 Å². The Kier molecular flexibility index (Phi) is 5.28. The molecule has 0 radical (unpaired) electrons. The van der Waals surface area contributed by atoms with Crippen molar-refractivity contribution >= 4 is 17.7 Å². The van der Waals surface area contributed by atoms with Crippen molar-refractivity contribution < 1.29 is 14.4 Å². The normalized spacial score (nSPS) is 21.4. The molecule has 2 fully saturated rings. The zero-order chi connectivity index (χ0) is 16.9. The predicted molar refractivity (Wildman–Crippen MR) is 90.1 cm³/mol. The van der Waals surface area contributed by atoms with Crippen LogP contribution in [0.1, 0.15) is 44.1 Å². The van der Waals surface area contributed by atoms with Gasteiger partial charge in [-0.15, -0.1) is 0 Å². The maximum absolute atomic E-state index is 12.6. The van der Waals surface area contributed by atoms with Gasteiger partial charge in [-0.3, -0.25) is 19.3 Å². The molecule has 0 saturated carbocycles. The second kappa shape index (κ2) is 7.60. The van der Waals surface area contributed by atoms with E-state index in [1.54, 1.807) is 0 Å². The summed E-state index contributed by atoms with van der Waals surface area (Å²) < 4.78 is 0. The van der Waals surface area contributed by atoms with Crippen LogP contribution in [-0.4, -0.2) is 46.7 Å². The van der Waals surface area contributed by atoms with Crippen LogP contribution in [0.15, 0.2) is 30.3 Å². The average molecular weight is 328 g/mol. The summed E-state index contributed by atoms with van der Waals surface area (Å²) in [5, 5.41) is 0. The molecule has 2 aliphatic rings. The van der Waals surface area contributed by atoms with E-state index in [0.29, 0.717) is 0 Å². The van der Waals surface area contributed by atoms with Crippen LogP contribution in [0.2, 0.25) is 0 Å². The summed E-state index contributed by atoms with van der Waals surface area (Å²) in [5.41, 5.74) is 1.24. The third kappa shape index (κ3) is 3.83. The molecule has 0 bridgehead atoms. The summed E-state index contributed by atoms with van der Waals surface area (Å²) in [5.74, 6) is -0.234. The van der Waals surface area contributed by atoms with Crippen molar-refractivity contribution in [1.29, 1.82) is 0 Å². The number of imide groups is 1. The van der Waals surface area contributed by atoms with Crippen LogP contribution in [0.4, 0.5) is 0 Å². The van der Waals surface area contributed by atoms with Gasteiger partial charge in [0.15, 0.2) is 0 Å². The molecule has 24 heavy (non-hydrogen) atoms. The highest BCUT2D eigenvalue weighted by Crippen LogP contribution is 2.22. The number of benzene rings is 1. The lowest BCUT2D eigenvalue weighted by molar-refractivity contribution is -0.140. The summed E-state index contributed by atoms with van der Waals surface area (Å²) in [6.07, 6.45) is 4.86. The fourth-order valence-electron chi connectivity index (χ4n) is 3.65. The third-order valence-corrected chi connectivity index (χ3v) is 4.97. The molecular weight excluding hydrogens is 304 g/mol. The molecule has 0 unspecified atom stereocenters. The molecule has 1 aromatic rings. The fourth-order valence-corrected chi connectivity index (χ4v) is 3.65. The first-order chi connectivity index (χ1) is 11.6. The highest BCUT2D eigenvalue weighted by molar-refractivity contribution is 6.02. The van der Waals surface area contributed by atoms with E-state index in [1.165, 1.54) is 10.5 Å². The van der Waals surface area contributed by atoms with Crippen LogP contribution in [0.3, 0.4) is 0 Å². The molecule has 1 atom stereocenters. The quantitative estimate of drug-likeness (QED) is 0.778. The summed E-state index contributed by atoms with van der Waals surface area (Å²) in [6, 6.07) is 10.5. The number of carbonyl (C=O) groups is 3. The molecule has 0 aromatic heterocycles. The highest BCUT2D eigenvalue weighted by atomic mass is 16.2. The van der Waals surface area contributed by atoms with E-state index in [9.17, 15) is 14.4 Å². The largest absolute Gasteiger partial charge is 0.339 e. The van der Waals surface area contributed by atoms with Gasteiger partial charge in [0.25, 0.3) is 0 Å². The van der Waals surface area contributed by atoms with Crippen molar-refractivity contribution in [3.8, 4) is 0 Å². The maximum atomic E-state index is 12.6. The molecule has 5 nitrogen and oxygen atoms in total. The summed E-state index contributed by atoms with van der Waals surface area (Å²) in [6.45, 7) is 1.00. The smallest absolute Gasteiger partial charge is 0.229 e. The first-order valence-electron chi connectivity index (χ1n) is 8.82. The van der Waals surface area contributed by atoms with Crippen molar-refractivity contribution in [3.63, 3.8) is 0 Å². The van der Waals surface area contributed by atoms with Crippen molar-refractivity contribution in [2.24, 2.45) is 0 Å². The molecule has 3 amide bonds. The number of likely N-dealkylation sites (tertiary alicyclic amines) is 2. The molecule has 1 aromatic carbocycles. The standard InChI is InChI=1S/C19H24N2O3/c22-17-9-10-18(23)21(17)13-11-19(24)20-12-5-4-8-16(20)14-15-6-2-1-3-7-15/h1-3,6-7,16H,4-5,8-14H2/t16-/m1/s1. The van der Waals surface area contributed by atoms with Crippen LogP contribution >= 0.6 is 0 Å². The molecule has 0 spiro atoms. The zero-order valence-electron chi connectivity index (χ0n) is 13.9. The van der Waals surface area contributed by atoms with Crippen molar-refractivity contribution in [2.75, 3.05) is 13.1 Å². The molecule has 2 heterocycles. The Balaban J connectivity index is 1.59. The Morgan fingerprint density at radius 1 is 1.04 bits per heavy atom. The number of carbonyl (C=O) groups excluding carboxylic acids is 3. The van der Waals surface area contributed by atoms with Gasteiger partial charge >= 0.3 is 0 Å². The number of hydrogen-bond donors (Lipinski definition) is 0. The Morgan fingerprint density at radius 3 is 2.46 bits per heavy atom. The average Bonchev–Trinajstić information content (AvgIpc) is 2.92. The summed E-state index contributed by atoms with van der Waals surface area (Å²) >= 11 is 0. The lowest BCUT2D eigenvalue weighted by Crippen LogP contribution is -2.46.